The van der Waals surface area contributed by atoms with E-state index in [1.807, 2.05) is 47.9 Å². The predicted molar refractivity (Wildman–Crippen MR) is 71.4 cm³/mol. The van der Waals surface area contributed by atoms with Crippen molar-refractivity contribution in [3.8, 4) is 0 Å². The van der Waals surface area contributed by atoms with Crippen LogP contribution >= 0.6 is 11.3 Å². The smallest absolute Gasteiger partial charge is 0.190 e. The van der Waals surface area contributed by atoms with Crippen LogP contribution in [0.3, 0.4) is 0 Å². The average molecular weight is 240 g/mol. The summed E-state index contributed by atoms with van der Waals surface area (Å²) in [6.45, 7) is 0. The van der Waals surface area contributed by atoms with Crippen LogP contribution < -0.4 is 0 Å². The van der Waals surface area contributed by atoms with E-state index in [0.717, 1.165) is 29.5 Å². The minimum Gasteiger partial charge on any atom is -0.289 e. The molecule has 0 amide bonds. The van der Waals surface area contributed by atoms with E-state index in [1.165, 1.54) is 4.88 Å². The lowest BCUT2D eigenvalue weighted by molar-refractivity contribution is 0.102. The molecule has 0 radical (unpaired) electrons. The second kappa shape index (κ2) is 4.30. The Morgan fingerprint density at radius 1 is 1.06 bits per heavy atom. The number of hydrogen-bond donors (Lipinski definition) is 0. The van der Waals surface area contributed by atoms with Crippen LogP contribution in [0.4, 0.5) is 0 Å². The van der Waals surface area contributed by atoms with Crippen molar-refractivity contribution in [3.63, 3.8) is 0 Å². The van der Waals surface area contributed by atoms with Gasteiger partial charge in [0.1, 0.15) is 0 Å². The van der Waals surface area contributed by atoms with Crippen LogP contribution in [0.1, 0.15) is 27.2 Å². The number of carbonyl (C=O) groups excluding carboxylic acids is 1. The van der Waals surface area contributed by atoms with Gasteiger partial charge in [-0.25, -0.2) is 0 Å². The third-order valence-corrected chi connectivity index (χ3v) is 4.02. The molecular weight excluding hydrogens is 228 g/mol. The van der Waals surface area contributed by atoms with Gasteiger partial charge in [-0.1, -0.05) is 30.3 Å². The standard InChI is InChI=1S/C15H12OS/c16-15-12(10-11-4-2-1-3-5-11)6-7-14-13(15)8-9-17-14/h1-5,8-10H,6-7H2/b12-10-. The normalized spacial score (nSPS) is 17.2. The van der Waals surface area contributed by atoms with Crippen LogP contribution in [0.25, 0.3) is 6.08 Å². The summed E-state index contributed by atoms with van der Waals surface area (Å²) in [5, 5.41) is 2.01. The maximum Gasteiger partial charge on any atom is 0.190 e. The molecule has 0 N–H and O–H groups in total. The van der Waals surface area contributed by atoms with Crippen molar-refractivity contribution >= 4 is 23.2 Å². The molecule has 1 heterocycles. The summed E-state index contributed by atoms with van der Waals surface area (Å²) >= 11 is 1.69. The van der Waals surface area contributed by atoms with E-state index >= 15 is 0 Å². The van der Waals surface area contributed by atoms with E-state index in [0.29, 0.717) is 0 Å². The van der Waals surface area contributed by atoms with Crippen LogP contribution in [-0.2, 0) is 6.42 Å². The molecule has 0 spiro atoms. The van der Waals surface area contributed by atoms with E-state index in [1.54, 1.807) is 11.3 Å². The van der Waals surface area contributed by atoms with Crippen LogP contribution in [-0.4, -0.2) is 5.78 Å². The second-order valence-corrected chi connectivity index (χ2v) is 5.17. The van der Waals surface area contributed by atoms with Crippen molar-refractivity contribution in [1.82, 2.24) is 0 Å². The monoisotopic (exact) mass is 240 g/mol. The first kappa shape index (κ1) is 10.5. The van der Waals surface area contributed by atoms with Gasteiger partial charge >= 0.3 is 0 Å². The Kier molecular flexibility index (Phi) is 2.65. The highest BCUT2D eigenvalue weighted by Gasteiger charge is 2.22. The van der Waals surface area contributed by atoms with Gasteiger partial charge < -0.3 is 0 Å². The molecule has 0 saturated heterocycles. The molecule has 0 bridgehead atoms. The lowest BCUT2D eigenvalue weighted by Gasteiger charge is -2.13. The van der Waals surface area contributed by atoms with Crippen molar-refractivity contribution in [2.24, 2.45) is 0 Å². The first-order valence-electron chi connectivity index (χ1n) is 5.71. The third kappa shape index (κ3) is 1.96. The fraction of sp³-hybridized carbons (Fsp3) is 0.133. The first-order chi connectivity index (χ1) is 8.34. The first-order valence-corrected chi connectivity index (χ1v) is 6.59. The molecule has 84 valence electrons. The number of hydrogen-bond acceptors (Lipinski definition) is 2. The number of thiophene rings is 1. The summed E-state index contributed by atoms with van der Waals surface area (Å²) in [4.78, 5) is 13.5. The molecule has 1 aromatic carbocycles. The molecule has 0 saturated carbocycles. The molecule has 1 aliphatic carbocycles. The molecule has 2 aromatic rings. The summed E-state index contributed by atoms with van der Waals surface area (Å²) in [5.41, 5.74) is 2.94. The molecule has 3 rings (SSSR count). The number of Topliss-reactive ketones (excluding diaryl/α,β-unsaturated/α-hetero) is 1. The minimum absolute atomic E-state index is 0.205. The average Bonchev–Trinajstić information content (AvgIpc) is 2.83. The van der Waals surface area contributed by atoms with Gasteiger partial charge in [0.2, 0.25) is 0 Å². The number of allylic oxidation sites excluding steroid dienone is 1. The second-order valence-electron chi connectivity index (χ2n) is 4.17. The molecule has 2 heteroatoms. The Hall–Kier alpha value is -1.67. The van der Waals surface area contributed by atoms with Gasteiger partial charge in [0, 0.05) is 16.0 Å². The molecule has 1 aliphatic rings. The van der Waals surface area contributed by atoms with Gasteiger partial charge in [0.25, 0.3) is 0 Å². The highest BCUT2D eigenvalue weighted by molar-refractivity contribution is 7.10. The van der Waals surface area contributed by atoms with Crippen molar-refractivity contribution in [2.75, 3.05) is 0 Å². The number of rotatable bonds is 1. The zero-order valence-electron chi connectivity index (χ0n) is 9.35. The van der Waals surface area contributed by atoms with Gasteiger partial charge in [-0.05, 0) is 35.9 Å². The minimum atomic E-state index is 0.205. The van der Waals surface area contributed by atoms with E-state index < -0.39 is 0 Å². The van der Waals surface area contributed by atoms with Gasteiger partial charge in [-0.15, -0.1) is 11.3 Å². The Morgan fingerprint density at radius 3 is 2.71 bits per heavy atom. The zero-order chi connectivity index (χ0) is 11.7. The highest BCUT2D eigenvalue weighted by atomic mass is 32.1. The summed E-state index contributed by atoms with van der Waals surface area (Å²) in [5.74, 6) is 0.205. The maximum atomic E-state index is 12.2. The quantitative estimate of drug-likeness (QED) is 0.689. The van der Waals surface area contributed by atoms with Crippen LogP contribution in [0.5, 0.6) is 0 Å². The molecule has 0 aliphatic heterocycles. The predicted octanol–water partition coefficient (Wildman–Crippen LogP) is 3.96. The SMILES string of the molecule is O=C1/C(=C\c2ccccc2)CCc2sccc21. The molecule has 17 heavy (non-hydrogen) atoms. The fourth-order valence-electron chi connectivity index (χ4n) is 2.16. The molecule has 0 fully saturated rings. The van der Waals surface area contributed by atoms with Crippen molar-refractivity contribution in [1.29, 1.82) is 0 Å². The van der Waals surface area contributed by atoms with Crippen LogP contribution in [0.2, 0.25) is 0 Å². The molecular formula is C15H12OS. The molecule has 1 aromatic heterocycles. The molecule has 0 atom stereocenters. The van der Waals surface area contributed by atoms with Crippen LogP contribution in [0.15, 0.2) is 47.4 Å². The Bertz CT molecular complexity index is 578. The lowest BCUT2D eigenvalue weighted by atomic mass is 9.91. The number of fused-ring (bicyclic) bond motifs is 1. The van der Waals surface area contributed by atoms with Crippen molar-refractivity contribution in [3.05, 3.63) is 63.4 Å². The largest absolute Gasteiger partial charge is 0.289 e. The van der Waals surface area contributed by atoms with Gasteiger partial charge in [-0.3, -0.25) is 4.79 Å². The van der Waals surface area contributed by atoms with Gasteiger partial charge in [0.15, 0.2) is 5.78 Å². The fourth-order valence-corrected chi connectivity index (χ4v) is 3.04. The topological polar surface area (TPSA) is 17.1 Å². The Balaban J connectivity index is 1.97. The Labute approximate surface area is 104 Å². The summed E-state index contributed by atoms with van der Waals surface area (Å²) in [6, 6.07) is 12.0. The van der Waals surface area contributed by atoms with Gasteiger partial charge in [0.05, 0.1) is 0 Å². The summed E-state index contributed by atoms with van der Waals surface area (Å²) < 4.78 is 0. The highest BCUT2D eigenvalue weighted by Crippen LogP contribution is 2.30. The van der Waals surface area contributed by atoms with Crippen molar-refractivity contribution in [2.45, 2.75) is 12.8 Å². The number of benzene rings is 1. The number of ketones is 1. The lowest BCUT2D eigenvalue weighted by Crippen LogP contribution is -2.11. The van der Waals surface area contributed by atoms with E-state index in [2.05, 4.69) is 0 Å². The summed E-state index contributed by atoms with van der Waals surface area (Å²) in [7, 11) is 0. The summed E-state index contributed by atoms with van der Waals surface area (Å²) in [6.07, 6.45) is 3.88. The van der Waals surface area contributed by atoms with E-state index in [4.69, 9.17) is 0 Å². The zero-order valence-corrected chi connectivity index (χ0v) is 10.2. The van der Waals surface area contributed by atoms with Crippen molar-refractivity contribution < 1.29 is 4.79 Å². The number of carbonyl (C=O) groups is 1. The molecule has 0 unspecified atom stereocenters. The molecule has 1 nitrogen and oxygen atoms in total. The third-order valence-electron chi connectivity index (χ3n) is 3.04. The van der Waals surface area contributed by atoms with E-state index in [9.17, 15) is 4.79 Å². The Morgan fingerprint density at radius 2 is 1.88 bits per heavy atom. The van der Waals surface area contributed by atoms with Crippen LogP contribution in [0, 0.1) is 0 Å². The van der Waals surface area contributed by atoms with Gasteiger partial charge in [-0.2, -0.15) is 0 Å². The maximum absolute atomic E-state index is 12.2. The van der Waals surface area contributed by atoms with E-state index in [-0.39, 0.29) is 5.78 Å². The number of aryl methyl sites for hydroxylation is 1.